The van der Waals surface area contributed by atoms with Gasteiger partial charge in [-0.3, -0.25) is 4.79 Å². The summed E-state index contributed by atoms with van der Waals surface area (Å²) in [5.74, 6) is -1.11. The van der Waals surface area contributed by atoms with Gasteiger partial charge in [-0.25, -0.2) is 4.79 Å². The highest BCUT2D eigenvalue weighted by molar-refractivity contribution is 5.98. The van der Waals surface area contributed by atoms with Crippen LogP contribution in [0, 0.1) is 0 Å². The normalized spacial score (nSPS) is 21.7. The molecule has 0 saturated carbocycles. The van der Waals surface area contributed by atoms with E-state index in [0.717, 1.165) is 38.9 Å². The van der Waals surface area contributed by atoms with E-state index < -0.39 is 12.1 Å². The van der Waals surface area contributed by atoms with E-state index in [1.165, 1.54) is 5.56 Å². The zero-order chi connectivity index (χ0) is 21.1. The van der Waals surface area contributed by atoms with Gasteiger partial charge >= 0.3 is 5.97 Å². The van der Waals surface area contributed by atoms with E-state index in [2.05, 4.69) is 29.2 Å². The van der Waals surface area contributed by atoms with Crippen molar-refractivity contribution in [3.8, 4) is 0 Å². The third-order valence-electron chi connectivity index (χ3n) is 6.22. The maximum Gasteiger partial charge on any atom is 0.335 e. The van der Waals surface area contributed by atoms with E-state index in [9.17, 15) is 14.7 Å². The van der Waals surface area contributed by atoms with Gasteiger partial charge in [-0.05, 0) is 49.9 Å². The number of carboxylic acids is 1. The van der Waals surface area contributed by atoms with Gasteiger partial charge in [0.05, 0.1) is 17.7 Å². The fraction of sp³-hybridized carbons (Fsp3) is 0.417. The topological polar surface area (TPSA) is 70.1 Å². The summed E-state index contributed by atoms with van der Waals surface area (Å²) in [6.07, 6.45) is 2.20. The lowest BCUT2D eigenvalue weighted by Crippen LogP contribution is -2.61. The average Bonchev–Trinajstić information content (AvgIpc) is 2.77. The molecule has 2 aromatic carbocycles. The SMILES string of the molecule is CC1OC2(CCN(CCc3ccccc3)CC2)CN(c2cccc(C(=O)O)c2)C1=O. The van der Waals surface area contributed by atoms with Crippen LogP contribution in [0.5, 0.6) is 0 Å². The summed E-state index contributed by atoms with van der Waals surface area (Å²) in [6, 6.07) is 17.1. The summed E-state index contributed by atoms with van der Waals surface area (Å²) in [5, 5.41) is 9.30. The average molecular weight is 408 g/mol. The summed E-state index contributed by atoms with van der Waals surface area (Å²) >= 11 is 0. The molecule has 4 rings (SSSR count). The minimum Gasteiger partial charge on any atom is -0.478 e. The highest BCUT2D eigenvalue weighted by atomic mass is 16.5. The van der Waals surface area contributed by atoms with Crippen molar-refractivity contribution in [2.75, 3.05) is 31.1 Å². The number of piperidine rings is 1. The van der Waals surface area contributed by atoms with E-state index in [0.29, 0.717) is 12.2 Å². The number of carbonyl (C=O) groups excluding carboxylic acids is 1. The van der Waals surface area contributed by atoms with Crippen LogP contribution in [0.3, 0.4) is 0 Å². The quantitative estimate of drug-likeness (QED) is 0.823. The Kier molecular flexibility index (Phi) is 5.88. The molecular formula is C24H28N2O4. The second-order valence-corrected chi connectivity index (χ2v) is 8.30. The minimum atomic E-state index is -0.993. The first kappa shape index (κ1) is 20.6. The Labute approximate surface area is 177 Å². The summed E-state index contributed by atoms with van der Waals surface area (Å²) in [6.45, 7) is 5.12. The maximum absolute atomic E-state index is 12.8. The lowest BCUT2D eigenvalue weighted by atomic mass is 9.88. The molecule has 158 valence electrons. The van der Waals surface area contributed by atoms with Gasteiger partial charge in [-0.1, -0.05) is 36.4 Å². The lowest BCUT2D eigenvalue weighted by Gasteiger charge is -2.49. The molecule has 0 radical (unpaired) electrons. The van der Waals surface area contributed by atoms with Crippen LogP contribution in [0.15, 0.2) is 54.6 Å². The Morgan fingerprint density at radius 2 is 1.87 bits per heavy atom. The van der Waals surface area contributed by atoms with Crippen molar-refractivity contribution in [1.29, 1.82) is 0 Å². The van der Waals surface area contributed by atoms with Crippen LogP contribution in [0.4, 0.5) is 5.69 Å². The Hall–Kier alpha value is -2.70. The molecular weight excluding hydrogens is 380 g/mol. The van der Waals surface area contributed by atoms with Crippen LogP contribution in [0.1, 0.15) is 35.7 Å². The summed E-state index contributed by atoms with van der Waals surface area (Å²) in [7, 11) is 0. The number of benzene rings is 2. The van der Waals surface area contributed by atoms with Gasteiger partial charge in [0.15, 0.2) is 0 Å². The minimum absolute atomic E-state index is 0.116. The monoisotopic (exact) mass is 408 g/mol. The Balaban J connectivity index is 1.43. The van der Waals surface area contributed by atoms with Crippen molar-refractivity contribution >= 4 is 17.6 Å². The smallest absolute Gasteiger partial charge is 0.335 e. The number of likely N-dealkylation sites (tertiary alicyclic amines) is 1. The van der Waals surface area contributed by atoms with Gasteiger partial charge < -0.3 is 19.6 Å². The van der Waals surface area contributed by atoms with Crippen LogP contribution in [0.2, 0.25) is 0 Å². The lowest BCUT2D eigenvalue weighted by molar-refractivity contribution is -0.161. The fourth-order valence-corrected chi connectivity index (χ4v) is 4.47. The van der Waals surface area contributed by atoms with Crippen molar-refractivity contribution < 1.29 is 19.4 Å². The van der Waals surface area contributed by atoms with Gasteiger partial charge in [0.2, 0.25) is 0 Å². The Bertz CT molecular complexity index is 906. The molecule has 2 aromatic rings. The molecule has 1 N–H and O–H groups in total. The highest BCUT2D eigenvalue weighted by Crippen LogP contribution is 2.35. The third-order valence-corrected chi connectivity index (χ3v) is 6.22. The molecule has 1 unspecified atom stereocenters. The number of carbonyl (C=O) groups is 2. The van der Waals surface area contributed by atoms with Gasteiger partial charge in [0.1, 0.15) is 6.10 Å². The van der Waals surface area contributed by atoms with Gasteiger partial charge in [0, 0.05) is 25.3 Å². The molecule has 2 aliphatic rings. The predicted molar refractivity (Wildman–Crippen MR) is 115 cm³/mol. The number of ether oxygens (including phenoxy) is 1. The molecule has 0 bridgehead atoms. The van der Waals surface area contributed by atoms with E-state index >= 15 is 0 Å². The van der Waals surface area contributed by atoms with E-state index in [4.69, 9.17) is 4.74 Å². The third kappa shape index (κ3) is 4.40. The molecule has 1 atom stereocenters. The van der Waals surface area contributed by atoms with Crippen LogP contribution >= 0.6 is 0 Å². The number of carboxylic acid groups (broad SMARTS) is 1. The molecule has 1 amide bonds. The molecule has 30 heavy (non-hydrogen) atoms. The first-order valence-electron chi connectivity index (χ1n) is 10.5. The van der Waals surface area contributed by atoms with Crippen molar-refractivity contribution in [2.24, 2.45) is 0 Å². The van der Waals surface area contributed by atoms with Crippen molar-refractivity contribution in [3.05, 3.63) is 65.7 Å². The summed E-state index contributed by atoms with van der Waals surface area (Å²) in [5.41, 5.74) is 1.77. The van der Waals surface area contributed by atoms with Gasteiger partial charge in [0.25, 0.3) is 5.91 Å². The molecule has 2 fully saturated rings. The van der Waals surface area contributed by atoms with Crippen molar-refractivity contribution in [1.82, 2.24) is 4.90 Å². The number of amides is 1. The standard InChI is InChI=1S/C24H28N2O4/c1-18-22(27)26(21-9-5-8-20(16-21)23(28)29)17-24(30-18)11-14-25(15-12-24)13-10-19-6-3-2-4-7-19/h2-9,16,18H,10-15,17H2,1H3,(H,28,29). The number of hydrogen-bond acceptors (Lipinski definition) is 4. The molecule has 2 aliphatic heterocycles. The number of nitrogens with zero attached hydrogens (tertiary/aromatic N) is 2. The number of aromatic carboxylic acids is 1. The maximum atomic E-state index is 12.8. The molecule has 2 heterocycles. The second kappa shape index (κ2) is 8.58. The molecule has 6 nitrogen and oxygen atoms in total. The Morgan fingerprint density at radius 3 is 2.57 bits per heavy atom. The van der Waals surface area contributed by atoms with Gasteiger partial charge in [-0.2, -0.15) is 0 Å². The van der Waals surface area contributed by atoms with Crippen LogP contribution in [0.25, 0.3) is 0 Å². The van der Waals surface area contributed by atoms with Crippen LogP contribution < -0.4 is 4.90 Å². The zero-order valence-electron chi connectivity index (χ0n) is 17.3. The van der Waals surface area contributed by atoms with Crippen molar-refractivity contribution in [3.63, 3.8) is 0 Å². The van der Waals surface area contributed by atoms with Crippen molar-refractivity contribution in [2.45, 2.75) is 37.9 Å². The zero-order valence-corrected chi connectivity index (χ0v) is 17.3. The number of rotatable bonds is 5. The fourth-order valence-electron chi connectivity index (χ4n) is 4.47. The highest BCUT2D eigenvalue weighted by Gasteiger charge is 2.45. The molecule has 2 saturated heterocycles. The molecule has 0 aliphatic carbocycles. The largest absolute Gasteiger partial charge is 0.478 e. The molecule has 0 aromatic heterocycles. The van der Waals surface area contributed by atoms with E-state index in [1.54, 1.807) is 36.1 Å². The van der Waals surface area contributed by atoms with Crippen LogP contribution in [-0.2, 0) is 16.0 Å². The summed E-state index contributed by atoms with van der Waals surface area (Å²) in [4.78, 5) is 28.3. The van der Waals surface area contributed by atoms with E-state index in [-0.39, 0.29) is 17.1 Å². The number of hydrogen-bond donors (Lipinski definition) is 1. The van der Waals surface area contributed by atoms with Gasteiger partial charge in [-0.15, -0.1) is 0 Å². The number of morpholine rings is 1. The van der Waals surface area contributed by atoms with E-state index in [1.807, 2.05) is 6.07 Å². The first-order valence-corrected chi connectivity index (χ1v) is 10.5. The summed E-state index contributed by atoms with van der Waals surface area (Å²) < 4.78 is 6.23. The second-order valence-electron chi connectivity index (χ2n) is 8.30. The Morgan fingerprint density at radius 1 is 1.13 bits per heavy atom. The first-order chi connectivity index (χ1) is 14.5. The molecule has 1 spiro atoms. The molecule has 6 heteroatoms. The van der Waals surface area contributed by atoms with Crippen LogP contribution in [-0.4, -0.2) is 59.8 Å². The number of anilines is 1. The predicted octanol–water partition coefficient (Wildman–Crippen LogP) is 3.21.